The molecule has 1 amide bonds. The fraction of sp³-hybridized carbons (Fsp3) is 0.250. The van der Waals surface area contributed by atoms with Crippen LogP contribution in [0.2, 0.25) is 0 Å². The molecule has 0 saturated carbocycles. The molecule has 0 bridgehead atoms. The quantitative estimate of drug-likeness (QED) is 0.412. The van der Waals surface area contributed by atoms with Crippen LogP contribution in [0, 0.1) is 0 Å². The van der Waals surface area contributed by atoms with Crippen LogP contribution in [0.25, 0.3) is 11.0 Å². The van der Waals surface area contributed by atoms with Crippen molar-refractivity contribution in [2.45, 2.75) is 18.8 Å². The van der Waals surface area contributed by atoms with E-state index in [0.29, 0.717) is 16.9 Å². The van der Waals surface area contributed by atoms with Gasteiger partial charge < -0.3 is 29.6 Å². The molecule has 1 atom stereocenters. The number of amides is 1. The predicted octanol–water partition coefficient (Wildman–Crippen LogP) is 1.09. The first-order valence-corrected chi connectivity index (χ1v) is 9.00. The summed E-state index contributed by atoms with van der Waals surface area (Å²) in [7, 11) is -1.72. The number of hydrogen-bond donors (Lipinski definition) is 4. The van der Waals surface area contributed by atoms with Crippen LogP contribution in [0.4, 0.5) is 0 Å². The van der Waals surface area contributed by atoms with E-state index in [-0.39, 0.29) is 32.0 Å². The van der Waals surface area contributed by atoms with Crippen molar-refractivity contribution in [3.05, 3.63) is 65.9 Å². The van der Waals surface area contributed by atoms with Gasteiger partial charge in [0.05, 0.1) is 25.2 Å². The van der Waals surface area contributed by atoms with E-state index < -0.39 is 13.1 Å². The maximum atomic E-state index is 12.5. The van der Waals surface area contributed by atoms with E-state index >= 15 is 0 Å². The summed E-state index contributed by atoms with van der Waals surface area (Å²) in [5.74, 6) is -0.751. The van der Waals surface area contributed by atoms with Gasteiger partial charge in [0.15, 0.2) is 0 Å². The number of furan rings is 1. The zero-order chi connectivity index (χ0) is 19.9. The van der Waals surface area contributed by atoms with E-state index in [0.717, 1.165) is 10.9 Å². The molecule has 1 unspecified atom stereocenters. The monoisotopic (exact) mass is 383 g/mol. The Labute approximate surface area is 162 Å². The maximum Gasteiger partial charge on any atom is 0.475 e. The van der Waals surface area contributed by atoms with Crippen LogP contribution in [0.15, 0.2) is 59.2 Å². The molecule has 0 aliphatic carbocycles. The lowest BCUT2D eigenvalue weighted by Gasteiger charge is -2.18. The summed E-state index contributed by atoms with van der Waals surface area (Å²) in [6.45, 7) is 0.00212. The molecule has 1 heterocycles. The minimum absolute atomic E-state index is 0.0109. The highest BCUT2D eigenvalue weighted by Gasteiger charge is 2.27. The molecular formula is C20H22BNO6. The number of benzene rings is 2. The van der Waals surface area contributed by atoms with Gasteiger partial charge in [-0.3, -0.25) is 4.79 Å². The average Bonchev–Trinajstić information content (AvgIpc) is 3.10. The smallest absolute Gasteiger partial charge is 0.475 e. The molecule has 0 fully saturated rings. The molecular weight excluding hydrogens is 361 g/mol. The van der Waals surface area contributed by atoms with Gasteiger partial charge in [-0.15, -0.1) is 0 Å². The topological polar surface area (TPSA) is 112 Å². The standard InChI is InChI=1S/C20H22BNO6/c23-9-10-27-17-7-3-1-5-14(17)12-20(24)22-19(21(25)26)11-15-13-28-18-8-4-2-6-16(15)18/h1-8,13,19,23,25-26H,9-12H2,(H,22,24). The van der Waals surface area contributed by atoms with Gasteiger partial charge in [0, 0.05) is 10.9 Å². The number of ether oxygens (including phenoxy) is 1. The van der Waals surface area contributed by atoms with Crippen molar-refractivity contribution >= 4 is 24.0 Å². The van der Waals surface area contributed by atoms with E-state index in [2.05, 4.69) is 5.32 Å². The highest BCUT2D eigenvalue weighted by atomic mass is 16.5. The first-order chi connectivity index (χ1) is 13.6. The largest absolute Gasteiger partial charge is 0.491 e. The molecule has 1 aromatic heterocycles. The van der Waals surface area contributed by atoms with Gasteiger partial charge in [-0.05, 0) is 24.1 Å². The van der Waals surface area contributed by atoms with Gasteiger partial charge in [-0.1, -0.05) is 36.4 Å². The number of aliphatic hydroxyl groups is 1. The third kappa shape index (κ3) is 4.92. The molecule has 8 heteroatoms. The van der Waals surface area contributed by atoms with Gasteiger partial charge in [0.1, 0.15) is 17.9 Å². The summed E-state index contributed by atoms with van der Waals surface area (Å²) >= 11 is 0. The van der Waals surface area contributed by atoms with E-state index in [1.807, 2.05) is 24.3 Å². The Balaban J connectivity index is 1.68. The molecule has 0 spiro atoms. The maximum absolute atomic E-state index is 12.5. The second kappa shape index (κ2) is 9.41. The zero-order valence-corrected chi connectivity index (χ0v) is 15.2. The van der Waals surface area contributed by atoms with Gasteiger partial charge >= 0.3 is 7.12 Å². The molecule has 28 heavy (non-hydrogen) atoms. The van der Waals surface area contributed by atoms with Crippen LogP contribution >= 0.6 is 0 Å². The Kier molecular flexibility index (Phi) is 6.70. The SMILES string of the molecule is O=C(Cc1ccccc1OCCO)NC(Cc1coc2ccccc12)B(O)O. The van der Waals surface area contributed by atoms with Gasteiger partial charge in [-0.2, -0.15) is 0 Å². The van der Waals surface area contributed by atoms with Crippen LogP contribution in [0.5, 0.6) is 5.75 Å². The second-order valence-electron chi connectivity index (χ2n) is 6.41. The Morgan fingerprint density at radius 2 is 1.86 bits per heavy atom. The van der Waals surface area contributed by atoms with Crippen molar-refractivity contribution in [1.29, 1.82) is 0 Å². The van der Waals surface area contributed by atoms with Crippen molar-refractivity contribution in [2.75, 3.05) is 13.2 Å². The molecule has 4 N–H and O–H groups in total. The molecule has 0 saturated heterocycles. The fourth-order valence-corrected chi connectivity index (χ4v) is 3.04. The van der Waals surface area contributed by atoms with Crippen molar-refractivity contribution in [3.63, 3.8) is 0 Å². The number of fused-ring (bicyclic) bond motifs is 1. The van der Waals surface area contributed by atoms with E-state index in [4.69, 9.17) is 14.3 Å². The summed E-state index contributed by atoms with van der Waals surface area (Å²) in [5.41, 5.74) is 2.12. The molecule has 146 valence electrons. The summed E-state index contributed by atoms with van der Waals surface area (Å²) < 4.78 is 10.9. The number of rotatable bonds is 9. The molecule has 3 rings (SSSR count). The third-order valence-corrected chi connectivity index (χ3v) is 4.38. The van der Waals surface area contributed by atoms with Crippen molar-refractivity contribution < 1.29 is 29.1 Å². The highest BCUT2D eigenvalue weighted by Crippen LogP contribution is 2.22. The Morgan fingerprint density at radius 3 is 2.64 bits per heavy atom. The van der Waals surface area contributed by atoms with Gasteiger partial charge in [-0.25, -0.2) is 0 Å². The normalized spacial score (nSPS) is 12.0. The van der Waals surface area contributed by atoms with Gasteiger partial charge in [0.25, 0.3) is 0 Å². The van der Waals surface area contributed by atoms with E-state index in [1.165, 1.54) is 0 Å². The van der Waals surface area contributed by atoms with Crippen LogP contribution in [-0.4, -0.2) is 47.3 Å². The van der Waals surface area contributed by atoms with Crippen LogP contribution in [0.1, 0.15) is 11.1 Å². The summed E-state index contributed by atoms with van der Waals surface area (Å²) in [6.07, 6.45) is 1.78. The Hall–Kier alpha value is -2.81. The van der Waals surface area contributed by atoms with E-state index in [9.17, 15) is 14.8 Å². The van der Waals surface area contributed by atoms with Crippen molar-refractivity contribution in [2.24, 2.45) is 0 Å². The molecule has 2 aromatic carbocycles. The van der Waals surface area contributed by atoms with Crippen molar-refractivity contribution in [1.82, 2.24) is 5.32 Å². The average molecular weight is 383 g/mol. The number of para-hydroxylation sites is 2. The van der Waals surface area contributed by atoms with Crippen LogP contribution in [-0.2, 0) is 17.6 Å². The number of carbonyl (C=O) groups excluding carboxylic acids is 1. The lowest BCUT2D eigenvalue weighted by Crippen LogP contribution is -2.48. The lowest BCUT2D eigenvalue weighted by atomic mass is 9.75. The lowest BCUT2D eigenvalue weighted by molar-refractivity contribution is -0.120. The number of nitrogens with one attached hydrogen (secondary N) is 1. The summed E-state index contributed by atoms with van der Waals surface area (Å²) in [4.78, 5) is 12.5. The zero-order valence-electron chi connectivity index (χ0n) is 15.2. The minimum Gasteiger partial charge on any atom is -0.491 e. The molecule has 0 radical (unpaired) electrons. The van der Waals surface area contributed by atoms with Crippen molar-refractivity contribution in [3.8, 4) is 5.75 Å². The molecule has 3 aromatic rings. The number of hydrogen-bond acceptors (Lipinski definition) is 6. The first-order valence-electron chi connectivity index (χ1n) is 9.00. The first kappa shape index (κ1) is 19.9. The Morgan fingerprint density at radius 1 is 1.11 bits per heavy atom. The summed E-state index contributed by atoms with van der Waals surface area (Å²) in [5, 5.41) is 31.9. The predicted molar refractivity (Wildman–Crippen MR) is 105 cm³/mol. The number of aliphatic hydroxyl groups excluding tert-OH is 1. The van der Waals surface area contributed by atoms with Crippen LogP contribution in [0.3, 0.4) is 0 Å². The minimum atomic E-state index is -1.72. The summed E-state index contributed by atoms with van der Waals surface area (Å²) in [6, 6.07) is 14.5. The third-order valence-electron chi connectivity index (χ3n) is 4.38. The Bertz CT molecular complexity index is 926. The fourth-order valence-electron chi connectivity index (χ4n) is 3.04. The number of carbonyl (C=O) groups is 1. The second-order valence-corrected chi connectivity index (χ2v) is 6.41. The van der Waals surface area contributed by atoms with Crippen LogP contribution < -0.4 is 10.1 Å². The van der Waals surface area contributed by atoms with E-state index in [1.54, 1.807) is 30.5 Å². The molecule has 0 aliphatic rings. The van der Waals surface area contributed by atoms with Gasteiger partial charge in [0.2, 0.25) is 5.91 Å². The molecule has 7 nitrogen and oxygen atoms in total. The molecule has 0 aliphatic heterocycles. The highest BCUT2D eigenvalue weighted by molar-refractivity contribution is 6.43.